The van der Waals surface area contributed by atoms with Crippen LogP contribution in [0.4, 0.5) is 4.39 Å². The average Bonchev–Trinajstić information content (AvgIpc) is 2.33. The van der Waals surface area contributed by atoms with Gasteiger partial charge in [0.1, 0.15) is 11.6 Å². The van der Waals surface area contributed by atoms with E-state index < -0.39 is 5.82 Å². The summed E-state index contributed by atoms with van der Waals surface area (Å²) in [5.41, 5.74) is 0.410. The molecule has 1 rings (SSSR count). The fraction of sp³-hybridized carbons (Fsp3) is 0.462. The number of ether oxygens (including phenoxy) is 1. The predicted octanol–water partition coefficient (Wildman–Crippen LogP) is 1.47. The number of aliphatic hydroxyl groups excluding tert-OH is 1. The molecular formula is C13H18FNO3. The van der Waals surface area contributed by atoms with Crippen LogP contribution in [0.5, 0.6) is 5.75 Å². The van der Waals surface area contributed by atoms with Gasteiger partial charge in [-0.05, 0) is 23.6 Å². The Balaban J connectivity index is 2.47. The number of rotatable bonds is 6. The van der Waals surface area contributed by atoms with E-state index in [0.717, 1.165) is 0 Å². The van der Waals surface area contributed by atoms with Crippen LogP contribution in [-0.2, 0) is 11.4 Å². The summed E-state index contributed by atoms with van der Waals surface area (Å²) in [4.78, 5) is 11.4. The Hall–Kier alpha value is -1.62. The third kappa shape index (κ3) is 5.14. The van der Waals surface area contributed by atoms with Gasteiger partial charge in [0.25, 0.3) is 5.91 Å². The monoisotopic (exact) mass is 255 g/mol. The minimum absolute atomic E-state index is 0.166. The van der Waals surface area contributed by atoms with E-state index in [1.165, 1.54) is 18.2 Å². The van der Waals surface area contributed by atoms with E-state index in [9.17, 15) is 9.18 Å². The highest BCUT2D eigenvalue weighted by molar-refractivity contribution is 5.77. The Kier molecular flexibility index (Phi) is 5.58. The van der Waals surface area contributed by atoms with Crippen LogP contribution in [0.2, 0.25) is 0 Å². The van der Waals surface area contributed by atoms with Crippen LogP contribution in [0.1, 0.15) is 19.4 Å². The molecule has 0 aromatic heterocycles. The van der Waals surface area contributed by atoms with Crippen molar-refractivity contribution in [2.45, 2.75) is 20.5 Å². The summed E-state index contributed by atoms with van der Waals surface area (Å²) in [5.74, 6) is -0.152. The summed E-state index contributed by atoms with van der Waals surface area (Å²) in [6.45, 7) is 4.12. The molecule has 0 saturated heterocycles. The number of aliphatic hydroxyl groups is 1. The van der Waals surface area contributed by atoms with Gasteiger partial charge in [-0.1, -0.05) is 13.8 Å². The van der Waals surface area contributed by atoms with Gasteiger partial charge >= 0.3 is 0 Å². The number of halogens is 1. The van der Waals surface area contributed by atoms with Crippen LogP contribution in [0, 0.1) is 11.7 Å². The molecule has 100 valence electrons. The lowest BCUT2D eigenvalue weighted by Gasteiger charge is -2.09. The van der Waals surface area contributed by atoms with Crippen molar-refractivity contribution in [1.29, 1.82) is 0 Å². The highest BCUT2D eigenvalue weighted by Crippen LogP contribution is 2.16. The van der Waals surface area contributed by atoms with Crippen LogP contribution in [-0.4, -0.2) is 24.2 Å². The van der Waals surface area contributed by atoms with Crippen molar-refractivity contribution in [2.24, 2.45) is 5.92 Å². The number of amides is 1. The highest BCUT2D eigenvalue weighted by Gasteiger charge is 2.05. The molecule has 5 heteroatoms. The molecule has 0 heterocycles. The van der Waals surface area contributed by atoms with Gasteiger partial charge in [0, 0.05) is 12.6 Å². The molecule has 0 fully saturated rings. The summed E-state index contributed by atoms with van der Waals surface area (Å²) in [6.07, 6.45) is 0. The topological polar surface area (TPSA) is 58.6 Å². The molecule has 0 aliphatic rings. The Morgan fingerprint density at radius 3 is 2.78 bits per heavy atom. The molecule has 2 N–H and O–H groups in total. The number of hydrogen-bond donors (Lipinski definition) is 2. The standard InChI is InChI=1S/C13H18FNO3/c1-9(2)6-15-13(17)8-18-12-4-10(7-16)3-11(14)5-12/h3-5,9,16H,6-8H2,1-2H3,(H,15,17). The zero-order valence-corrected chi connectivity index (χ0v) is 10.6. The average molecular weight is 255 g/mol. The molecule has 4 nitrogen and oxygen atoms in total. The lowest BCUT2D eigenvalue weighted by molar-refractivity contribution is -0.123. The smallest absolute Gasteiger partial charge is 0.257 e. The number of carbonyl (C=O) groups excluding carboxylic acids is 1. The minimum Gasteiger partial charge on any atom is -0.484 e. The van der Waals surface area contributed by atoms with Gasteiger partial charge in [0.15, 0.2) is 6.61 Å². The molecule has 1 aromatic carbocycles. The van der Waals surface area contributed by atoms with Crippen LogP contribution in [0.25, 0.3) is 0 Å². The third-order valence-electron chi connectivity index (χ3n) is 2.19. The fourth-order valence-corrected chi connectivity index (χ4v) is 1.31. The van der Waals surface area contributed by atoms with Gasteiger partial charge in [0.05, 0.1) is 6.61 Å². The summed E-state index contributed by atoms with van der Waals surface area (Å²) in [6, 6.07) is 3.89. The normalized spacial score (nSPS) is 10.5. The molecule has 0 unspecified atom stereocenters. The second kappa shape index (κ2) is 6.96. The molecule has 0 spiro atoms. The first-order chi connectivity index (χ1) is 8.51. The molecule has 0 aliphatic heterocycles. The Morgan fingerprint density at radius 1 is 1.44 bits per heavy atom. The van der Waals surface area contributed by atoms with Crippen LogP contribution in [0.15, 0.2) is 18.2 Å². The van der Waals surface area contributed by atoms with E-state index in [-0.39, 0.29) is 24.9 Å². The van der Waals surface area contributed by atoms with Crippen molar-refractivity contribution in [3.8, 4) is 5.75 Å². The van der Waals surface area contributed by atoms with E-state index in [1.807, 2.05) is 13.8 Å². The summed E-state index contributed by atoms with van der Waals surface area (Å²) in [7, 11) is 0. The summed E-state index contributed by atoms with van der Waals surface area (Å²) < 4.78 is 18.3. The molecule has 18 heavy (non-hydrogen) atoms. The van der Waals surface area contributed by atoms with Crippen LogP contribution >= 0.6 is 0 Å². The fourth-order valence-electron chi connectivity index (χ4n) is 1.31. The molecule has 0 atom stereocenters. The second-order valence-corrected chi connectivity index (χ2v) is 4.44. The largest absolute Gasteiger partial charge is 0.484 e. The molecule has 1 amide bonds. The van der Waals surface area contributed by atoms with E-state index in [1.54, 1.807) is 0 Å². The van der Waals surface area contributed by atoms with Gasteiger partial charge < -0.3 is 15.2 Å². The number of benzene rings is 1. The molecule has 0 aliphatic carbocycles. The lowest BCUT2D eigenvalue weighted by atomic mass is 10.2. The van der Waals surface area contributed by atoms with Crippen molar-refractivity contribution >= 4 is 5.91 Å². The maximum absolute atomic E-state index is 13.1. The zero-order chi connectivity index (χ0) is 13.5. The summed E-state index contributed by atoms with van der Waals surface area (Å²) >= 11 is 0. The number of hydrogen-bond acceptors (Lipinski definition) is 3. The zero-order valence-electron chi connectivity index (χ0n) is 10.6. The maximum Gasteiger partial charge on any atom is 0.257 e. The number of nitrogens with one attached hydrogen (secondary N) is 1. The summed E-state index contributed by atoms with van der Waals surface area (Å²) in [5, 5.41) is 11.6. The Morgan fingerprint density at radius 2 is 2.17 bits per heavy atom. The van der Waals surface area contributed by atoms with E-state index in [0.29, 0.717) is 18.0 Å². The van der Waals surface area contributed by atoms with E-state index >= 15 is 0 Å². The van der Waals surface area contributed by atoms with Crippen molar-refractivity contribution in [1.82, 2.24) is 5.32 Å². The van der Waals surface area contributed by atoms with Gasteiger partial charge in [0.2, 0.25) is 0 Å². The molecule has 1 aromatic rings. The Bertz CT molecular complexity index is 407. The first-order valence-electron chi connectivity index (χ1n) is 5.81. The maximum atomic E-state index is 13.1. The molecular weight excluding hydrogens is 237 g/mol. The van der Waals surface area contributed by atoms with Crippen LogP contribution in [0.3, 0.4) is 0 Å². The molecule has 0 radical (unpaired) electrons. The van der Waals surface area contributed by atoms with Crippen molar-refractivity contribution < 1.29 is 19.0 Å². The van der Waals surface area contributed by atoms with E-state index in [4.69, 9.17) is 9.84 Å². The molecule has 0 saturated carbocycles. The van der Waals surface area contributed by atoms with Crippen molar-refractivity contribution in [3.63, 3.8) is 0 Å². The van der Waals surface area contributed by atoms with Crippen molar-refractivity contribution in [2.75, 3.05) is 13.2 Å². The van der Waals surface area contributed by atoms with Gasteiger partial charge in [-0.2, -0.15) is 0 Å². The highest BCUT2D eigenvalue weighted by atomic mass is 19.1. The first-order valence-corrected chi connectivity index (χ1v) is 5.81. The van der Waals surface area contributed by atoms with Gasteiger partial charge in [-0.15, -0.1) is 0 Å². The lowest BCUT2D eigenvalue weighted by Crippen LogP contribution is -2.31. The Labute approximate surface area is 106 Å². The minimum atomic E-state index is -0.501. The van der Waals surface area contributed by atoms with Gasteiger partial charge in [-0.3, -0.25) is 4.79 Å². The van der Waals surface area contributed by atoms with Crippen LogP contribution < -0.4 is 10.1 Å². The van der Waals surface area contributed by atoms with Gasteiger partial charge in [-0.25, -0.2) is 4.39 Å². The SMILES string of the molecule is CC(C)CNC(=O)COc1cc(F)cc(CO)c1. The molecule has 0 bridgehead atoms. The van der Waals surface area contributed by atoms with Crippen molar-refractivity contribution in [3.05, 3.63) is 29.6 Å². The predicted molar refractivity (Wildman–Crippen MR) is 65.7 cm³/mol. The third-order valence-corrected chi connectivity index (χ3v) is 2.19. The van der Waals surface area contributed by atoms with E-state index in [2.05, 4.69) is 5.32 Å². The second-order valence-electron chi connectivity index (χ2n) is 4.44. The quantitative estimate of drug-likeness (QED) is 0.809. The number of carbonyl (C=O) groups is 1. The first kappa shape index (κ1) is 14.4.